The third kappa shape index (κ3) is 4.35. The molecule has 0 fully saturated rings. The molecule has 0 radical (unpaired) electrons. The van der Waals surface area contributed by atoms with Crippen molar-refractivity contribution in [2.24, 2.45) is 5.10 Å². The molecule has 0 aromatic heterocycles. The number of nitrogens with one attached hydrogen (secondary N) is 1. The summed E-state index contributed by atoms with van der Waals surface area (Å²) in [4.78, 5) is 12.3. The highest BCUT2D eigenvalue weighted by Crippen LogP contribution is 2.36. The Hall–Kier alpha value is -2.34. The molecule has 2 aromatic rings. The third-order valence-electron chi connectivity index (χ3n) is 3.30. The first-order valence-electron chi connectivity index (χ1n) is 7.47. The van der Waals surface area contributed by atoms with Gasteiger partial charge in [0.15, 0.2) is 11.5 Å². The maximum absolute atomic E-state index is 12.3. The van der Waals surface area contributed by atoms with E-state index in [4.69, 9.17) is 9.47 Å². The van der Waals surface area contributed by atoms with Gasteiger partial charge in [0, 0.05) is 5.56 Å². The molecule has 0 unspecified atom stereocenters. The van der Waals surface area contributed by atoms with E-state index in [0.29, 0.717) is 28.1 Å². The maximum Gasteiger partial charge on any atom is 0.271 e. The second kappa shape index (κ2) is 8.49. The predicted molar refractivity (Wildman–Crippen MR) is 98.0 cm³/mol. The summed E-state index contributed by atoms with van der Waals surface area (Å²) in [7, 11) is 1.53. The quantitative estimate of drug-likeness (QED) is 0.598. The molecule has 0 aliphatic rings. The van der Waals surface area contributed by atoms with Gasteiger partial charge in [0.2, 0.25) is 0 Å². The number of methoxy groups -OCH3 is 1. The number of hydrogen-bond donors (Lipinski definition) is 1. The normalized spacial score (nSPS) is 11.1. The summed E-state index contributed by atoms with van der Waals surface area (Å²) in [5, 5.41) is 4.14. The van der Waals surface area contributed by atoms with Crippen molar-refractivity contribution in [2.45, 2.75) is 13.8 Å². The highest BCUT2D eigenvalue weighted by Gasteiger charge is 2.15. The van der Waals surface area contributed by atoms with Crippen molar-refractivity contribution in [3.05, 3.63) is 58.1 Å². The molecule has 1 N–H and O–H groups in total. The van der Waals surface area contributed by atoms with Crippen molar-refractivity contribution in [3.8, 4) is 11.5 Å². The van der Waals surface area contributed by atoms with Crippen LogP contribution >= 0.6 is 15.9 Å². The predicted octanol–water partition coefficient (Wildman–Crippen LogP) is 4.01. The van der Waals surface area contributed by atoms with Gasteiger partial charge >= 0.3 is 0 Å². The van der Waals surface area contributed by atoms with Gasteiger partial charge in [-0.3, -0.25) is 4.79 Å². The summed E-state index contributed by atoms with van der Waals surface area (Å²) in [5.41, 5.74) is 4.65. The largest absolute Gasteiger partial charge is 0.493 e. The van der Waals surface area contributed by atoms with Crippen LogP contribution in [0.5, 0.6) is 11.5 Å². The summed E-state index contributed by atoms with van der Waals surface area (Å²) in [6, 6.07) is 12.9. The second-order valence-corrected chi connectivity index (χ2v) is 5.78. The molecule has 0 aliphatic heterocycles. The number of carbonyl (C=O) groups excluding carboxylic acids is 1. The second-order valence-electron chi connectivity index (χ2n) is 4.93. The van der Waals surface area contributed by atoms with Gasteiger partial charge in [0.1, 0.15) is 0 Å². The summed E-state index contributed by atoms with van der Waals surface area (Å²) in [5.74, 6) is 0.730. The molecule has 0 atom stereocenters. The van der Waals surface area contributed by atoms with Crippen molar-refractivity contribution < 1.29 is 14.3 Å². The van der Waals surface area contributed by atoms with Crippen LogP contribution in [0.2, 0.25) is 0 Å². The van der Waals surface area contributed by atoms with Gasteiger partial charge in [-0.25, -0.2) is 5.43 Å². The van der Waals surface area contributed by atoms with Crippen LogP contribution in [-0.2, 0) is 0 Å². The van der Waals surface area contributed by atoms with Gasteiger partial charge in [-0.2, -0.15) is 5.10 Å². The van der Waals surface area contributed by atoms with Gasteiger partial charge in [-0.15, -0.1) is 0 Å². The van der Waals surface area contributed by atoms with Crippen molar-refractivity contribution >= 4 is 27.5 Å². The van der Waals surface area contributed by atoms with Crippen LogP contribution in [0.1, 0.15) is 29.8 Å². The Kier molecular flexibility index (Phi) is 6.37. The Balaban J connectivity index is 2.19. The monoisotopic (exact) mass is 390 g/mol. The van der Waals surface area contributed by atoms with Crippen molar-refractivity contribution in [1.29, 1.82) is 0 Å². The zero-order valence-electron chi connectivity index (χ0n) is 13.8. The molecule has 24 heavy (non-hydrogen) atoms. The van der Waals surface area contributed by atoms with E-state index in [1.807, 2.05) is 44.2 Å². The Bertz CT molecular complexity index is 745. The molecule has 0 spiro atoms. The molecule has 126 valence electrons. The maximum atomic E-state index is 12.3. The van der Waals surface area contributed by atoms with Crippen LogP contribution in [0, 0.1) is 0 Å². The molecule has 2 aromatic carbocycles. The van der Waals surface area contributed by atoms with E-state index in [1.54, 1.807) is 12.1 Å². The average Bonchev–Trinajstić information content (AvgIpc) is 2.61. The van der Waals surface area contributed by atoms with Crippen molar-refractivity contribution in [3.63, 3.8) is 0 Å². The standard InChI is InChI=1S/C18H19BrN2O3/c1-4-24-17-15(19)10-14(11-16(17)23-3)18(22)21-20-12(2)13-8-6-5-7-9-13/h5-11H,4H2,1-3H3,(H,21,22)/b20-12-. The number of carbonyl (C=O) groups is 1. The fourth-order valence-corrected chi connectivity index (χ4v) is 2.63. The lowest BCUT2D eigenvalue weighted by atomic mass is 10.1. The highest BCUT2D eigenvalue weighted by atomic mass is 79.9. The zero-order valence-corrected chi connectivity index (χ0v) is 15.4. The van der Waals surface area contributed by atoms with Gasteiger partial charge in [0.25, 0.3) is 5.91 Å². The summed E-state index contributed by atoms with van der Waals surface area (Å²) in [6.07, 6.45) is 0. The molecule has 5 nitrogen and oxygen atoms in total. The summed E-state index contributed by atoms with van der Waals surface area (Å²) >= 11 is 3.40. The van der Waals surface area contributed by atoms with Crippen LogP contribution in [-0.4, -0.2) is 25.3 Å². The SMILES string of the molecule is CCOc1c(Br)cc(C(=O)N/N=C(/C)c2ccccc2)cc1OC. The third-order valence-corrected chi connectivity index (χ3v) is 3.89. The Labute approximate surface area is 149 Å². The Morgan fingerprint density at radius 2 is 1.92 bits per heavy atom. The van der Waals surface area contributed by atoms with Crippen LogP contribution in [0.4, 0.5) is 0 Å². The molecule has 0 saturated carbocycles. The van der Waals surface area contributed by atoms with E-state index in [9.17, 15) is 4.79 Å². The van der Waals surface area contributed by atoms with Crippen LogP contribution < -0.4 is 14.9 Å². The number of nitrogens with zero attached hydrogens (tertiary/aromatic N) is 1. The zero-order chi connectivity index (χ0) is 17.5. The van der Waals surface area contributed by atoms with Crippen LogP contribution in [0.15, 0.2) is 52.0 Å². The fourth-order valence-electron chi connectivity index (χ4n) is 2.08. The highest BCUT2D eigenvalue weighted by molar-refractivity contribution is 9.10. The molecular formula is C18H19BrN2O3. The number of hydrogen-bond acceptors (Lipinski definition) is 4. The molecule has 0 saturated heterocycles. The van der Waals surface area contributed by atoms with Crippen molar-refractivity contribution in [2.75, 3.05) is 13.7 Å². The van der Waals surface area contributed by atoms with Crippen molar-refractivity contribution in [1.82, 2.24) is 5.43 Å². The number of halogens is 1. The lowest BCUT2D eigenvalue weighted by Gasteiger charge is -2.12. The minimum Gasteiger partial charge on any atom is -0.493 e. The summed E-state index contributed by atoms with van der Waals surface area (Å²) < 4.78 is 11.5. The first-order chi connectivity index (χ1) is 11.6. The smallest absolute Gasteiger partial charge is 0.271 e. The molecule has 0 aliphatic carbocycles. The first kappa shape index (κ1) is 18.0. The number of benzene rings is 2. The van der Waals surface area contributed by atoms with E-state index in [2.05, 4.69) is 26.5 Å². The number of amides is 1. The molecule has 6 heteroatoms. The lowest BCUT2D eigenvalue weighted by Crippen LogP contribution is -2.19. The van der Waals surface area contributed by atoms with E-state index >= 15 is 0 Å². The number of ether oxygens (including phenoxy) is 2. The van der Waals surface area contributed by atoms with Crippen LogP contribution in [0.3, 0.4) is 0 Å². The molecule has 2 rings (SSSR count). The topological polar surface area (TPSA) is 59.9 Å². The van der Waals surface area contributed by atoms with E-state index in [-0.39, 0.29) is 5.91 Å². The lowest BCUT2D eigenvalue weighted by molar-refractivity contribution is 0.0954. The van der Waals surface area contributed by atoms with Crippen LogP contribution in [0.25, 0.3) is 0 Å². The van der Waals surface area contributed by atoms with Gasteiger partial charge < -0.3 is 9.47 Å². The molecule has 0 heterocycles. The Morgan fingerprint density at radius 3 is 2.54 bits per heavy atom. The summed E-state index contributed by atoms with van der Waals surface area (Å²) in [6.45, 7) is 4.22. The van der Waals surface area contributed by atoms with Gasteiger partial charge in [-0.05, 0) is 47.5 Å². The average molecular weight is 391 g/mol. The fraction of sp³-hybridized carbons (Fsp3) is 0.222. The van der Waals surface area contributed by atoms with E-state index in [0.717, 1.165) is 11.3 Å². The molecular weight excluding hydrogens is 372 g/mol. The van der Waals surface area contributed by atoms with E-state index < -0.39 is 0 Å². The molecule has 0 bridgehead atoms. The number of rotatable bonds is 6. The van der Waals surface area contributed by atoms with Gasteiger partial charge in [0.05, 0.1) is 23.9 Å². The first-order valence-corrected chi connectivity index (χ1v) is 8.26. The Morgan fingerprint density at radius 1 is 1.21 bits per heavy atom. The number of hydrazone groups is 1. The minimum atomic E-state index is -0.327. The van der Waals surface area contributed by atoms with Gasteiger partial charge in [-0.1, -0.05) is 30.3 Å². The van der Waals surface area contributed by atoms with E-state index in [1.165, 1.54) is 7.11 Å². The minimum absolute atomic E-state index is 0.327. The molecule has 1 amide bonds.